The highest BCUT2D eigenvalue weighted by Gasteiger charge is 2.51. The van der Waals surface area contributed by atoms with Gasteiger partial charge in [-0.3, -0.25) is 0 Å². The highest BCUT2D eigenvalue weighted by molar-refractivity contribution is 6.62. The van der Waals surface area contributed by atoms with Crippen LogP contribution < -0.4 is 10.8 Å². The van der Waals surface area contributed by atoms with Gasteiger partial charge < -0.3 is 24.1 Å². The van der Waals surface area contributed by atoms with Crippen LogP contribution in [0.25, 0.3) is 0 Å². The van der Waals surface area contributed by atoms with Gasteiger partial charge in [0.15, 0.2) is 0 Å². The van der Waals surface area contributed by atoms with Gasteiger partial charge in [-0.15, -0.1) is 0 Å². The zero-order chi connectivity index (χ0) is 19.1. The van der Waals surface area contributed by atoms with E-state index in [2.05, 4.69) is 51.2 Å². The number of hydrogen-bond acceptors (Lipinski definition) is 5. The van der Waals surface area contributed by atoms with Crippen LogP contribution in [0.5, 0.6) is 0 Å². The molecule has 0 amide bonds. The van der Waals surface area contributed by atoms with E-state index in [0.717, 1.165) is 44.7 Å². The topological polar surface area (TPSA) is 49.0 Å². The van der Waals surface area contributed by atoms with Crippen LogP contribution in [0.15, 0.2) is 18.2 Å². The summed E-state index contributed by atoms with van der Waals surface area (Å²) in [5.41, 5.74) is 3.18. The van der Waals surface area contributed by atoms with E-state index in [4.69, 9.17) is 18.8 Å². The molecule has 27 heavy (non-hydrogen) atoms. The molecule has 0 radical (unpaired) electrons. The van der Waals surface area contributed by atoms with E-state index in [0.29, 0.717) is 12.5 Å². The van der Waals surface area contributed by atoms with Crippen LogP contribution in [-0.2, 0) is 18.8 Å². The smallest absolute Gasteiger partial charge is 0.399 e. The molecule has 1 unspecified atom stereocenters. The van der Waals surface area contributed by atoms with Crippen LogP contribution >= 0.6 is 0 Å². The van der Waals surface area contributed by atoms with Gasteiger partial charge in [0.1, 0.15) is 0 Å². The maximum atomic E-state index is 6.28. The lowest BCUT2D eigenvalue weighted by molar-refractivity contribution is 0.00578. The SMILES string of the molecule is CC1(C)OB(c2ccc(C3CCOCC3)c(C3COCCN3)c2)OC1(C)C. The van der Waals surface area contributed by atoms with Crippen molar-refractivity contribution >= 4 is 12.6 Å². The lowest BCUT2D eigenvalue weighted by Gasteiger charge is -2.32. The third-order valence-electron chi connectivity index (χ3n) is 6.59. The Morgan fingerprint density at radius 2 is 1.63 bits per heavy atom. The van der Waals surface area contributed by atoms with Gasteiger partial charge in [0, 0.05) is 19.8 Å². The summed E-state index contributed by atoms with van der Waals surface area (Å²) in [7, 11) is -0.331. The van der Waals surface area contributed by atoms with E-state index in [1.54, 1.807) is 0 Å². The molecule has 0 saturated carbocycles. The first-order valence-electron chi connectivity index (χ1n) is 10.3. The van der Waals surface area contributed by atoms with E-state index in [1.165, 1.54) is 11.1 Å². The van der Waals surface area contributed by atoms with Gasteiger partial charge in [0.25, 0.3) is 0 Å². The van der Waals surface area contributed by atoms with Crippen molar-refractivity contribution in [1.82, 2.24) is 5.32 Å². The standard InChI is InChI=1S/C21H32BNO4/c1-20(2)21(3,4)27-22(26-20)16-5-6-17(15-7-10-24-11-8-15)18(13-16)19-14-25-12-9-23-19/h5-6,13,15,19,23H,7-12,14H2,1-4H3. The average Bonchev–Trinajstić information content (AvgIpc) is 2.90. The summed E-state index contributed by atoms with van der Waals surface area (Å²) < 4.78 is 23.9. The predicted octanol–water partition coefficient (Wildman–Crippen LogP) is 2.54. The highest BCUT2D eigenvalue weighted by Crippen LogP contribution is 2.37. The maximum Gasteiger partial charge on any atom is 0.494 e. The maximum absolute atomic E-state index is 6.28. The van der Waals surface area contributed by atoms with Gasteiger partial charge >= 0.3 is 7.12 Å². The van der Waals surface area contributed by atoms with Crippen molar-refractivity contribution in [2.45, 2.75) is 63.7 Å². The van der Waals surface area contributed by atoms with Crippen molar-refractivity contribution in [2.75, 3.05) is 33.0 Å². The lowest BCUT2D eigenvalue weighted by Crippen LogP contribution is -2.41. The monoisotopic (exact) mass is 373 g/mol. The Balaban J connectivity index is 1.66. The van der Waals surface area contributed by atoms with Gasteiger partial charge in [-0.1, -0.05) is 18.2 Å². The first-order valence-corrected chi connectivity index (χ1v) is 10.3. The fourth-order valence-corrected chi connectivity index (χ4v) is 4.17. The molecular formula is C21H32BNO4. The summed E-state index contributed by atoms with van der Waals surface area (Å²) in [4.78, 5) is 0. The zero-order valence-corrected chi connectivity index (χ0v) is 17.0. The minimum absolute atomic E-state index is 0.221. The molecule has 3 aliphatic rings. The Bertz CT molecular complexity index is 650. The van der Waals surface area contributed by atoms with E-state index >= 15 is 0 Å². The van der Waals surface area contributed by atoms with Crippen molar-refractivity contribution in [3.05, 3.63) is 29.3 Å². The molecule has 1 aromatic carbocycles. The van der Waals surface area contributed by atoms with Crippen LogP contribution in [-0.4, -0.2) is 51.3 Å². The minimum atomic E-state index is -0.331. The van der Waals surface area contributed by atoms with E-state index < -0.39 is 0 Å². The Labute approximate surface area is 163 Å². The van der Waals surface area contributed by atoms with Crippen LogP contribution in [0.3, 0.4) is 0 Å². The fourth-order valence-electron chi connectivity index (χ4n) is 4.17. The Morgan fingerprint density at radius 3 is 2.26 bits per heavy atom. The van der Waals surface area contributed by atoms with Crippen molar-refractivity contribution in [1.29, 1.82) is 0 Å². The van der Waals surface area contributed by atoms with Gasteiger partial charge in [-0.05, 0) is 63.0 Å². The van der Waals surface area contributed by atoms with Gasteiger partial charge in [-0.25, -0.2) is 0 Å². The fraction of sp³-hybridized carbons (Fsp3) is 0.714. The Morgan fingerprint density at radius 1 is 0.926 bits per heavy atom. The minimum Gasteiger partial charge on any atom is -0.399 e. The Hall–Kier alpha value is -0.915. The van der Waals surface area contributed by atoms with E-state index in [-0.39, 0.29) is 24.4 Å². The number of benzene rings is 1. The second-order valence-electron chi connectivity index (χ2n) is 8.94. The quantitative estimate of drug-likeness (QED) is 0.826. The molecular weight excluding hydrogens is 341 g/mol. The Kier molecular flexibility index (Phi) is 5.38. The summed E-state index contributed by atoms with van der Waals surface area (Å²) in [6.07, 6.45) is 2.16. The predicted molar refractivity (Wildman–Crippen MR) is 107 cm³/mol. The molecule has 1 N–H and O–H groups in total. The second-order valence-corrected chi connectivity index (χ2v) is 8.94. The first kappa shape index (κ1) is 19.4. The molecule has 1 atom stereocenters. The summed E-state index contributed by atoms with van der Waals surface area (Å²) in [5, 5.41) is 3.63. The van der Waals surface area contributed by atoms with Crippen LogP contribution in [0, 0.1) is 0 Å². The number of hydrogen-bond donors (Lipinski definition) is 1. The molecule has 0 aromatic heterocycles. The average molecular weight is 373 g/mol. The largest absolute Gasteiger partial charge is 0.494 e. The molecule has 3 aliphatic heterocycles. The van der Waals surface area contributed by atoms with Gasteiger partial charge in [-0.2, -0.15) is 0 Å². The molecule has 0 spiro atoms. The van der Waals surface area contributed by atoms with Crippen molar-refractivity contribution < 1.29 is 18.8 Å². The zero-order valence-electron chi connectivity index (χ0n) is 17.0. The van der Waals surface area contributed by atoms with Crippen molar-refractivity contribution in [2.24, 2.45) is 0 Å². The van der Waals surface area contributed by atoms with E-state index in [9.17, 15) is 0 Å². The number of morpholine rings is 1. The molecule has 0 aliphatic carbocycles. The normalized spacial score (nSPS) is 28.4. The number of nitrogens with one attached hydrogen (secondary N) is 1. The molecule has 5 nitrogen and oxygen atoms in total. The van der Waals surface area contributed by atoms with Crippen LogP contribution in [0.1, 0.15) is 63.6 Å². The van der Waals surface area contributed by atoms with Gasteiger partial charge in [0.2, 0.25) is 0 Å². The second kappa shape index (κ2) is 7.49. The van der Waals surface area contributed by atoms with Crippen molar-refractivity contribution in [3.8, 4) is 0 Å². The molecule has 3 heterocycles. The summed E-state index contributed by atoms with van der Waals surface area (Å²) >= 11 is 0. The summed E-state index contributed by atoms with van der Waals surface area (Å²) in [6.45, 7) is 12.5. The van der Waals surface area contributed by atoms with Gasteiger partial charge in [0.05, 0.1) is 30.5 Å². The molecule has 1 aromatic rings. The van der Waals surface area contributed by atoms with Crippen LogP contribution in [0.2, 0.25) is 0 Å². The molecule has 0 bridgehead atoms. The van der Waals surface area contributed by atoms with Crippen molar-refractivity contribution in [3.63, 3.8) is 0 Å². The highest BCUT2D eigenvalue weighted by atomic mass is 16.7. The molecule has 4 rings (SSSR count). The molecule has 3 saturated heterocycles. The molecule has 148 valence electrons. The summed E-state index contributed by atoms with van der Waals surface area (Å²) in [5.74, 6) is 0.546. The number of ether oxygens (including phenoxy) is 2. The third-order valence-corrected chi connectivity index (χ3v) is 6.59. The summed E-state index contributed by atoms with van der Waals surface area (Å²) in [6, 6.07) is 6.96. The van der Waals surface area contributed by atoms with E-state index in [1.807, 2.05) is 0 Å². The first-order chi connectivity index (χ1) is 12.9. The number of rotatable bonds is 3. The van der Waals surface area contributed by atoms with Crippen LogP contribution in [0.4, 0.5) is 0 Å². The molecule has 3 fully saturated rings. The molecule has 6 heteroatoms. The third kappa shape index (κ3) is 3.83. The lowest BCUT2D eigenvalue weighted by atomic mass is 9.75.